The largest absolute Gasteiger partial charge is 0.463 e. The van der Waals surface area contributed by atoms with E-state index in [0.29, 0.717) is 12.5 Å². The quantitative estimate of drug-likeness (QED) is 0.330. The fraction of sp³-hybridized carbons (Fsp3) is 0.577. The second kappa shape index (κ2) is 7.89. The maximum atomic E-state index is 11.6. The van der Waals surface area contributed by atoms with Crippen molar-refractivity contribution in [2.45, 2.75) is 90.4 Å². The molecule has 2 aliphatic carbocycles. The van der Waals surface area contributed by atoms with E-state index in [2.05, 4.69) is 52.0 Å². The molecule has 0 aromatic heterocycles. The SMILES string of the molecule is CCOC(=O)/C=C(C)/C=C/CC1CCc2c1ccc1c2C(C)(C)CCC1(C)C. The summed E-state index contributed by atoms with van der Waals surface area (Å²) in [5, 5.41) is 0. The van der Waals surface area contributed by atoms with Crippen LogP contribution < -0.4 is 0 Å². The molecule has 1 atom stereocenters. The van der Waals surface area contributed by atoms with Crippen LogP contribution in [0.1, 0.15) is 95.4 Å². The van der Waals surface area contributed by atoms with Gasteiger partial charge in [-0.1, -0.05) is 52.0 Å². The summed E-state index contributed by atoms with van der Waals surface area (Å²) >= 11 is 0. The van der Waals surface area contributed by atoms with E-state index in [1.807, 2.05) is 13.8 Å². The summed E-state index contributed by atoms with van der Waals surface area (Å²) < 4.78 is 4.98. The lowest BCUT2D eigenvalue weighted by Gasteiger charge is -2.43. The summed E-state index contributed by atoms with van der Waals surface area (Å²) in [4.78, 5) is 11.6. The Labute approximate surface area is 171 Å². The van der Waals surface area contributed by atoms with Crippen LogP contribution in [0.15, 0.2) is 35.9 Å². The predicted octanol–water partition coefficient (Wildman–Crippen LogP) is 6.52. The number of hydrogen-bond donors (Lipinski definition) is 0. The van der Waals surface area contributed by atoms with Gasteiger partial charge in [0.1, 0.15) is 0 Å². The van der Waals surface area contributed by atoms with E-state index >= 15 is 0 Å². The van der Waals surface area contributed by atoms with Gasteiger partial charge in [-0.15, -0.1) is 0 Å². The number of rotatable bonds is 5. The van der Waals surface area contributed by atoms with Crippen LogP contribution in [0.4, 0.5) is 0 Å². The van der Waals surface area contributed by atoms with Gasteiger partial charge in [0, 0.05) is 6.08 Å². The molecule has 0 fully saturated rings. The second-order valence-corrected chi connectivity index (χ2v) is 9.84. The van der Waals surface area contributed by atoms with Gasteiger partial charge in [0.15, 0.2) is 0 Å². The summed E-state index contributed by atoms with van der Waals surface area (Å²) in [6.45, 7) is 13.9. The summed E-state index contributed by atoms with van der Waals surface area (Å²) in [5.41, 5.74) is 7.92. The number of fused-ring (bicyclic) bond motifs is 3. The maximum absolute atomic E-state index is 11.6. The first-order valence-corrected chi connectivity index (χ1v) is 10.8. The smallest absolute Gasteiger partial charge is 0.330 e. The van der Waals surface area contributed by atoms with E-state index in [-0.39, 0.29) is 16.8 Å². The zero-order valence-corrected chi connectivity index (χ0v) is 18.5. The van der Waals surface area contributed by atoms with Crippen LogP contribution in [0.3, 0.4) is 0 Å². The Balaban J connectivity index is 1.80. The standard InChI is InChI=1S/C26H36O2/c1-7-28-23(27)17-18(2)9-8-10-19-11-12-21-20(19)13-14-22-24(21)26(5,6)16-15-25(22,3)4/h8-9,13-14,17,19H,7,10-12,15-16H2,1-6H3/b9-8+,18-17+. The van der Waals surface area contributed by atoms with Crippen LogP contribution >= 0.6 is 0 Å². The highest BCUT2D eigenvalue weighted by Gasteiger charge is 2.40. The predicted molar refractivity (Wildman–Crippen MR) is 117 cm³/mol. The highest BCUT2D eigenvalue weighted by atomic mass is 16.5. The van der Waals surface area contributed by atoms with Gasteiger partial charge in [-0.05, 0) is 90.5 Å². The van der Waals surface area contributed by atoms with Gasteiger partial charge < -0.3 is 4.74 Å². The van der Waals surface area contributed by atoms with Gasteiger partial charge in [0.25, 0.3) is 0 Å². The number of carbonyl (C=O) groups is 1. The number of esters is 1. The average Bonchev–Trinajstić information content (AvgIpc) is 3.02. The molecule has 0 spiro atoms. The van der Waals surface area contributed by atoms with Crippen LogP contribution in [0.25, 0.3) is 0 Å². The third-order valence-electron chi connectivity index (χ3n) is 6.75. The van der Waals surface area contributed by atoms with Crippen molar-refractivity contribution in [3.63, 3.8) is 0 Å². The fourth-order valence-electron chi connectivity index (χ4n) is 5.09. The molecule has 0 radical (unpaired) electrons. The number of allylic oxidation sites excluding steroid dienone is 3. The van der Waals surface area contributed by atoms with Crippen LogP contribution in [0.2, 0.25) is 0 Å². The second-order valence-electron chi connectivity index (χ2n) is 9.84. The van der Waals surface area contributed by atoms with Gasteiger partial charge in [-0.2, -0.15) is 0 Å². The number of ether oxygens (including phenoxy) is 1. The minimum absolute atomic E-state index is 0.257. The summed E-state index contributed by atoms with van der Waals surface area (Å²) in [6, 6.07) is 4.83. The molecule has 0 saturated heterocycles. The molecular formula is C26H36O2. The molecule has 152 valence electrons. The summed E-state index contributed by atoms with van der Waals surface area (Å²) in [5.74, 6) is 0.333. The molecule has 0 heterocycles. The van der Waals surface area contributed by atoms with Crippen molar-refractivity contribution in [2.75, 3.05) is 6.61 Å². The van der Waals surface area contributed by atoms with E-state index < -0.39 is 0 Å². The van der Waals surface area contributed by atoms with Crippen molar-refractivity contribution in [3.05, 3.63) is 58.2 Å². The lowest BCUT2D eigenvalue weighted by atomic mass is 9.61. The monoisotopic (exact) mass is 380 g/mol. The van der Waals surface area contributed by atoms with Gasteiger partial charge in [-0.25, -0.2) is 4.79 Å². The summed E-state index contributed by atoms with van der Waals surface area (Å²) in [6.07, 6.45) is 11.9. The molecule has 0 saturated carbocycles. The van der Waals surface area contributed by atoms with Crippen LogP contribution in [0.5, 0.6) is 0 Å². The highest BCUT2D eigenvalue weighted by molar-refractivity contribution is 5.83. The van der Waals surface area contributed by atoms with Gasteiger partial charge in [-0.3, -0.25) is 0 Å². The minimum Gasteiger partial charge on any atom is -0.463 e. The van der Waals surface area contributed by atoms with Crippen LogP contribution in [-0.2, 0) is 26.8 Å². The minimum atomic E-state index is -0.257. The number of hydrogen-bond acceptors (Lipinski definition) is 2. The van der Waals surface area contributed by atoms with Crippen LogP contribution in [-0.4, -0.2) is 12.6 Å². The Morgan fingerprint density at radius 3 is 2.61 bits per heavy atom. The zero-order chi connectivity index (χ0) is 20.5. The van der Waals surface area contributed by atoms with E-state index in [0.717, 1.165) is 12.0 Å². The van der Waals surface area contributed by atoms with E-state index in [9.17, 15) is 4.79 Å². The molecule has 1 unspecified atom stereocenters. The fourth-order valence-corrected chi connectivity index (χ4v) is 5.09. The molecule has 0 N–H and O–H groups in total. The first-order valence-electron chi connectivity index (χ1n) is 10.8. The molecule has 1 aromatic rings. The maximum Gasteiger partial charge on any atom is 0.330 e. The highest BCUT2D eigenvalue weighted by Crippen LogP contribution is 2.51. The molecule has 2 nitrogen and oxygen atoms in total. The van der Waals surface area contributed by atoms with Gasteiger partial charge in [0.2, 0.25) is 0 Å². The van der Waals surface area contributed by atoms with Gasteiger partial charge >= 0.3 is 5.97 Å². The summed E-state index contributed by atoms with van der Waals surface area (Å²) in [7, 11) is 0. The Hall–Kier alpha value is -1.83. The zero-order valence-electron chi connectivity index (χ0n) is 18.5. The Bertz CT molecular complexity index is 808. The van der Waals surface area contributed by atoms with Gasteiger partial charge in [0.05, 0.1) is 6.61 Å². The first kappa shape index (κ1) is 20.9. The first-order chi connectivity index (χ1) is 13.2. The molecule has 28 heavy (non-hydrogen) atoms. The van der Waals surface area contributed by atoms with Crippen molar-refractivity contribution >= 4 is 5.97 Å². The number of benzene rings is 1. The van der Waals surface area contributed by atoms with E-state index in [4.69, 9.17) is 4.74 Å². The molecule has 0 amide bonds. The van der Waals surface area contributed by atoms with Crippen LogP contribution in [0, 0.1) is 0 Å². The molecular weight excluding hydrogens is 344 g/mol. The Morgan fingerprint density at radius 2 is 1.89 bits per heavy atom. The lowest BCUT2D eigenvalue weighted by Crippen LogP contribution is -2.35. The molecule has 0 bridgehead atoms. The molecule has 3 rings (SSSR count). The van der Waals surface area contributed by atoms with Crippen molar-refractivity contribution in [2.24, 2.45) is 0 Å². The molecule has 0 aliphatic heterocycles. The molecule has 2 aliphatic rings. The Kier molecular flexibility index (Phi) is 5.89. The van der Waals surface area contributed by atoms with Crippen molar-refractivity contribution < 1.29 is 9.53 Å². The molecule has 1 aromatic carbocycles. The van der Waals surface area contributed by atoms with E-state index in [1.165, 1.54) is 25.7 Å². The average molecular weight is 381 g/mol. The van der Waals surface area contributed by atoms with E-state index in [1.54, 1.807) is 28.3 Å². The topological polar surface area (TPSA) is 26.3 Å². The molecule has 2 heteroatoms. The van der Waals surface area contributed by atoms with Crippen molar-refractivity contribution in [3.8, 4) is 0 Å². The number of carbonyl (C=O) groups excluding carboxylic acids is 1. The van der Waals surface area contributed by atoms with Crippen molar-refractivity contribution in [1.82, 2.24) is 0 Å². The van der Waals surface area contributed by atoms with Crippen molar-refractivity contribution in [1.29, 1.82) is 0 Å². The Morgan fingerprint density at radius 1 is 1.18 bits per heavy atom. The third kappa shape index (κ3) is 4.11. The lowest BCUT2D eigenvalue weighted by molar-refractivity contribution is -0.137. The third-order valence-corrected chi connectivity index (χ3v) is 6.75. The normalized spacial score (nSPS) is 22.8.